The highest BCUT2D eigenvalue weighted by molar-refractivity contribution is 6.30. The van der Waals surface area contributed by atoms with Gasteiger partial charge < -0.3 is 20.7 Å². The highest BCUT2D eigenvalue weighted by Gasteiger charge is 2.29. The Kier molecular flexibility index (Phi) is 7.35. The number of nitrogens with two attached hydrogens (primary N) is 1. The van der Waals surface area contributed by atoms with Crippen molar-refractivity contribution in [2.24, 2.45) is 5.73 Å². The van der Waals surface area contributed by atoms with E-state index in [1.54, 1.807) is 24.3 Å². The summed E-state index contributed by atoms with van der Waals surface area (Å²) in [5.41, 5.74) is 3.55. The minimum Gasteiger partial charge on any atom is -0.478 e. The summed E-state index contributed by atoms with van der Waals surface area (Å²) >= 11 is 5.67. The Labute approximate surface area is 111 Å². The Morgan fingerprint density at radius 2 is 1.83 bits per heavy atom. The van der Waals surface area contributed by atoms with Gasteiger partial charge in [-0.25, -0.2) is 4.79 Å². The lowest BCUT2D eigenvalue weighted by Gasteiger charge is -2.21. The van der Waals surface area contributed by atoms with Crippen LogP contribution in [0.5, 0.6) is 5.75 Å². The van der Waals surface area contributed by atoms with Gasteiger partial charge in [-0.15, -0.1) is 0 Å². The van der Waals surface area contributed by atoms with Gasteiger partial charge in [-0.05, 0) is 38.1 Å². The molecule has 102 valence electrons. The molecule has 0 radical (unpaired) electrons. The van der Waals surface area contributed by atoms with Gasteiger partial charge in [-0.2, -0.15) is 0 Å². The molecular formula is C12H18ClNO4. The Bertz CT molecular complexity index is 363. The molecule has 0 spiro atoms. The second-order valence-corrected chi connectivity index (χ2v) is 4.32. The number of carbonyl (C=O) groups is 1. The average molecular weight is 276 g/mol. The summed E-state index contributed by atoms with van der Waals surface area (Å²) in [6.07, 6.45) is 0. The van der Waals surface area contributed by atoms with E-state index in [0.717, 1.165) is 0 Å². The molecule has 1 aromatic carbocycles. The van der Waals surface area contributed by atoms with E-state index in [1.165, 1.54) is 13.8 Å². The van der Waals surface area contributed by atoms with Crippen LogP contribution in [0.25, 0.3) is 0 Å². The van der Waals surface area contributed by atoms with Crippen LogP contribution < -0.4 is 10.5 Å². The molecule has 0 aliphatic rings. The second kappa shape index (κ2) is 7.92. The third-order valence-corrected chi connectivity index (χ3v) is 2.08. The van der Waals surface area contributed by atoms with Crippen molar-refractivity contribution in [2.45, 2.75) is 19.4 Å². The summed E-state index contributed by atoms with van der Waals surface area (Å²) in [6.45, 7) is 3.45. The number of aliphatic hydroxyl groups is 1. The molecule has 1 aromatic rings. The van der Waals surface area contributed by atoms with Gasteiger partial charge in [0.25, 0.3) is 0 Å². The molecule has 18 heavy (non-hydrogen) atoms. The molecule has 0 aromatic heterocycles. The summed E-state index contributed by atoms with van der Waals surface area (Å²) in [4.78, 5) is 10.7. The first kappa shape index (κ1) is 16.7. The van der Waals surface area contributed by atoms with E-state index < -0.39 is 11.6 Å². The lowest BCUT2D eigenvalue weighted by molar-refractivity contribution is -0.152. The van der Waals surface area contributed by atoms with Crippen molar-refractivity contribution in [3.05, 3.63) is 29.3 Å². The average Bonchev–Trinajstić information content (AvgIpc) is 2.32. The number of carboxylic acids is 1. The van der Waals surface area contributed by atoms with Crippen LogP contribution in [-0.4, -0.2) is 34.9 Å². The molecule has 1 rings (SSSR count). The number of halogens is 1. The van der Waals surface area contributed by atoms with Crippen LogP contribution in [0.15, 0.2) is 24.3 Å². The maximum absolute atomic E-state index is 10.7. The first-order valence-electron chi connectivity index (χ1n) is 5.32. The van der Waals surface area contributed by atoms with Crippen LogP contribution in [-0.2, 0) is 4.79 Å². The van der Waals surface area contributed by atoms with E-state index in [2.05, 4.69) is 0 Å². The Morgan fingerprint density at radius 3 is 2.17 bits per heavy atom. The summed E-state index contributed by atoms with van der Waals surface area (Å²) in [7, 11) is 0. The molecule has 0 fully saturated rings. The number of carboxylic acid groups (broad SMARTS) is 1. The van der Waals surface area contributed by atoms with Gasteiger partial charge in [0.05, 0.1) is 6.61 Å². The number of ether oxygens (including phenoxy) is 1. The van der Waals surface area contributed by atoms with Crippen molar-refractivity contribution in [1.82, 2.24) is 0 Å². The van der Waals surface area contributed by atoms with E-state index in [1.807, 2.05) is 0 Å². The molecule has 4 N–H and O–H groups in total. The molecule has 6 heteroatoms. The number of aliphatic hydroxyl groups excluding tert-OH is 1. The molecular weight excluding hydrogens is 258 g/mol. The normalized spacial score (nSPS) is 10.3. The Balaban J connectivity index is 0.000000631. The van der Waals surface area contributed by atoms with Crippen LogP contribution in [0.4, 0.5) is 0 Å². The van der Waals surface area contributed by atoms with Crippen LogP contribution in [0.3, 0.4) is 0 Å². The largest absolute Gasteiger partial charge is 0.478 e. The first-order chi connectivity index (χ1) is 8.33. The highest BCUT2D eigenvalue weighted by atomic mass is 35.5. The smallest absolute Gasteiger partial charge is 0.347 e. The van der Waals surface area contributed by atoms with Crippen molar-refractivity contribution in [3.63, 3.8) is 0 Å². The first-order valence-corrected chi connectivity index (χ1v) is 5.70. The van der Waals surface area contributed by atoms with Gasteiger partial charge in [0, 0.05) is 11.6 Å². The summed E-state index contributed by atoms with van der Waals surface area (Å²) in [5, 5.41) is 17.1. The van der Waals surface area contributed by atoms with E-state index in [0.29, 0.717) is 17.3 Å². The number of benzene rings is 1. The predicted molar refractivity (Wildman–Crippen MR) is 69.9 cm³/mol. The standard InChI is InChI=1S/C10H11ClO3.C2H7NO/c1-10(2,9(12)13)14-8-5-3-7(11)4-6-8;3-1-2-4/h3-6H,1-2H3,(H,12,13);4H,1-3H2. The zero-order chi connectivity index (χ0) is 14.2. The van der Waals surface area contributed by atoms with Crippen LogP contribution in [0.1, 0.15) is 13.8 Å². The van der Waals surface area contributed by atoms with Crippen molar-refractivity contribution in [3.8, 4) is 5.75 Å². The summed E-state index contributed by atoms with van der Waals surface area (Å²) < 4.78 is 5.26. The maximum Gasteiger partial charge on any atom is 0.347 e. The highest BCUT2D eigenvalue weighted by Crippen LogP contribution is 2.20. The van der Waals surface area contributed by atoms with Gasteiger partial charge >= 0.3 is 5.97 Å². The number of aliphatic carboxylic acids is 1. The predicted octanol–water partition coefficient (Wildman–Crippen LogP) is 1.52. The fraction of sp³-hybridized carbons (Fsp3) is 0.417. The second-order valence-electron chi connectivity index (χ2n) is 3.88. The zero-order valence-corrected chi connectivity index (χ0v) is 11.1. The molecule has 0 aliphatic carbocycles. The third kappa shape index (κ3) is 6.44. The molecule has 0 unspecified atom stereocenters. The van der Waals surface area contributed by atoms with E-state index in [-0.39, 0.29) is 6.61 Å². The van der Waals surface area contributed by atoms with Crippen molar-refractivity contribution in [2.75, 3.05) is 13.2 Å². The van der Waals surface area contributed by atoms with Gasteiger partial charge in [0.1, 0.15) is 5.75 Å². The lowest BCUT2D eigenvalue weighted by atomic mass is 10.1. The minimum atomic E-state index is -1.23. The van der Waals surface area contributed by atoms with E-state index in [4.69, 9.17) is 32.3 Å². The number of hydrogen-bond acceptors (Lipinski definition) is 4. The fourth-order valence-corrected chi connectivity index (χ4v) is 0.967. The number of hydrogen-bond donors (Lipinski definition) is 3. The molecule has 0 saturated heterocycles. The topological polar surface area (TPSA) is 92.8 Å². The molecule has 0 aliphatic heterocycles. The Morgan fingerprint density at radius 1 is 1.39 bits per heavy atom. The van der Waals surface area contributed by atoms with Crippen LogP contribution in [0.2, 0.25) is 5.02 Å². The van der Waals surface area contributed by atoms with Crippen LogP contribution in [0, 0.1) is 0 Å². The van der Waals surface area contributed by atoms with Gasteiger partial charge in [-0.1, -0.05) is 11.6 Å². The summed E-state index contributed by atoms with van der Waals surface area (Å²) in [6, 6.07) is 6.56. The molecule has 0 saturated carbocycles. The molecule has 5 nitrogen and oxygen atoms in total. The van der Waals surface area contributed by atoms with Crippen molar-refractivity contribution in [1.29, 1.82) is 0 Å². The fourth-order valence-electron chi connectivity index (χ4n) is 0.841. The summed E-state index contributed by atoms with van der Waals surface area (Å²) in [5.74, 6) is -0.519. The molecule has 0 heterocycles. The van der Waals surface area contributed by atoms with Gasteiger partial charge in [0.2, 0.25) is 0 Å². The third-order valence-electron chi connectivity index (χ3n) is 1.83. The SMILES string of the molecule is CC(C)(Oc1ccc(Cl)cc1)C(=O)O.NCCO. The molecule has 0 amide bonds. The van der Waals surface area contributed by atoms with Crippen LogP contribution >= 0.6 is 11.6 Å². The van der Waals surface area contributed by atoms with Gasteiger partial charge in [0.15, 0.2) is 5.60 Å². The van der Waals surface area contributed by atoms with Crippen molar-refractivity contribution < 1.29 is 19.7 Å². The number of rotatable bonds is 4. The zero-order valence-electron chi connectivity index (χ0n) is 10.4. The molecule has 0 atom stereocenters. The van der Waals surface area contributed by atoms with E-state index in [9.17, 15) is 4.79 Å². The molecule has 0 bridgehead atoms. The Hall–Kier alpha value is -1.30. The van der Waals surface area contributed by atoms with Gasteiger partial charge in [-0.3, -0.25) is 0 Å². The lowest BCUT2D eigenvalue weighted by Crippen LogP contribution is -2.37. The quantitative estimate of drug-likeness (QED) is 0.775. The van der Waals surface area contributed by atoms with E-state index >= 15 is 0 Å². The van der Waals surface area contributed by atoms with Crippen molar-refractivity contribution >= 4 is 17.6 Å². The monoisotopic (exact) mass is 275 g/mol. The maximum atomic E-state index is 10.7. The minimum absolute atomic E-state index is 0.0972.